The molecule has 1 amide bonds. The van der Waals surface area contributed by atoms with Gasteiger partial charge in [0, 0.05) is 13.2 Å². The summed E-state index contributed by atoms with van der Waals surface area (Å²) in [6.07, 6.45) is 2.66. The number of halogens is 1. The number of nitrogens with zero attached hydrogens (tertiary/aromatic N) is 3. The molecule has 2 atom stereocenters. The number of aryl methyl sites for hydroxylation is 1. The standard InChI is InChI=1S/C24H26FN3O4S2/c1-16-5-2-8-21-22(16)26-24(33-21)27(15-18-6-4-14-32-18)23(29)20-7-3-13-28(20)34(30,31)19-11-9-17(25)10-12-19/h2,5,8-12,18,20H,3-4,6-7,13-15H2,1H3. The second kappa shape index (κ2) is 9.33. The molecule has 0 saturated carbocycles. The molecule has 34 heavy (non-hydrogen) atoms. The fourth-order valence-corrected chi connectivity index (χ4v) is 7.35. The van der Waals surface area contributed by atoms with Crippen molar-refractivity contribution in [3.05, 3.63) is 53.8 Å². The third-order valence-corrected chi connectivity index (χ3v) is 9.39. The molecule has 2 aliphatic rings. The van der Waals surface area contributed by atoms with Crippen LogP contribution in [0.15, 0.2) is 47.4 Å². The first-order valence-electron chi connectivity index (χ1n) is 11.4. The number of aromatic nitrogens is 1. The lowest BCUT2D eigenvalue weighted by atomic mass is 10.2. The molecule has 2 aromatic carbocycles. The number of hydrogen-bond acceptors (Lipinski definition) is 6. The number of rotatable bonds is 6. The Balaban J connectivity index is 1.49. The lowest BCUT2D eigenvalue weighted by Gasteiger charge is -2.29. The van der Waals surface area contributed by atoms with Gasteiger partial charge >= 0.3 is 0 Å². The molecule has 10 heteroatoms. The molecule has 2 aliphatic heterocycles. The Morgan fingerprint density at radius 1 is 1.21 bits per heavy atom. The number of carbonyl (C=O) groups excluding carboxylic acids is 1. The van der Waals surface area contributed by atoms with E-state index in [0.29, 0.717) is 31.1 Å². The number of sulfonamides is 1. The molecule has 5 rings (SSSR count). The number of para-hydroxylation sites is 1. The summed E-state index contributed by atoms with van der Waals surface area (Å²) in [5.74, 6) is -0.808. The van der Waals surface area contributed by atoms with Crippen LogP contribution in [-0.2, 0) is 19.6 Å². The summed E-state index contributed by atoms with van der Waals surface area (Å²) in [6, 6.07) is 9.78. The largest absolute Gasteiger partial charge is 0.376 e. The topological polar surface area (TPSA) is 79.8 Å². The molecular weight excluding hydrogens is 477 g/mol. The molecule has 0 N–H and O–H groups in total. The van der Waals surface area contributed by atoms with Crippen LogP contribution in [0.25, 0.3) is 10.2 Å². The molecule has 180 valence electrons. The molecule has 2 saturated heterocycles. The summed E-state index contributed by atoms with van der Waals surface area (Å²) in [6.45, 7) is 3.20. The van der Waals surface area contributed by atoms with Crippen molar-refractivity contribution in [2.45, 2.75) is 49.6 Å². The second-order valence-corrected chi connectivity index (χ2v) is 11.6. The summed E-state index contributed by atoms with van der Waals surface area (Å²) >= 11 is 1.43. The first kappa shape index (κ1) is 23.3. The monoisotopic (exact) mass is 503 g/mol. The first-order valence-corrected chi connectivity index (χ1v) is 13.7. The fraction of sp³-hybridized carbons (Fsp3) is 0.417. The molecule has 7 nitrogen and oxygen atoms in total. The highest BCUT2D eigenvalue weighted by atomic mass is 32.2. The third-order valence-electron chi connectivity index (χ3n) is 6.43. The highest BCUT2D eigenvalue weighted by Crippen LogP contribution is 2.34. The number of hydrogen-bond donors (Lipinski definition) is 0. The van der Waals surface area contributed by atoms with Gasteiger partial charge in [0.05, 0.1) is 27.8 Å². The van der Waals surface area contributed by atoms with Gasteiger partial charge < -0.3 is 4.74 Å². The normalized spacial score (nSPS) is 21.4. The molecule has 2 unspecified atom stereocenters. The lowest BCUT2D eigenvalue weighted by Crippen LogP contribution is -2.49. The highest BCUT2D eigenvalue weighted by molar-refractivity contribution is 7.89. The van der Waals surface area contributed by atoms with E-state index >= 15 is 0 Å². The van der Waals surface area contributed by atoms with E-state index < -0.39 is 21.9 Å². The van der Waals surface area contributed by atoms with Crippen LogP contribution in [0.4, 0.5) is 9.52 Å². The Bertz CT molecular complexity index is 1300. The summed E-state index contributed by atoms with van der Waals surface area (Å²) in [4.78, 5) is 20.3. The molecule has 0 bridgehead atoms. The maximum Gasteiger partial charge on any atom is 0.247 e. The van der Waals surface area contributed by atoms with Crippen molar-refractivity contribution in [1.82, 2.24) is 9.29 Å². The van der Waals surface area contributed by atoms with Crippen LogP contribution < -0.4 is 4.90 Å². The summed E-state index contributed by atoms with van der Waals surface area (Å²) in [5.41, 5.74) is 1.86. The zero-order valence-corrected chi connectivity index (χ0v) is 20.4. The average Bonchev–Trinajstić information content (AvgIpc) is 3.58. The number of amides is 1. The number of thiazole rings is 1. The summed E-state index contributed by atoms with van der Waals surface area (Å²) in [5, 5.41) is 0.552. The van der Waals surface area contributed by atoms with Crippen LogP contribution in [0, 0.1) is 12.7 Å². The molecular formula is C24H26FN3O4S2. The van der Waals surface area contributed by atoms with Gasteiger partial charge in [0.1, 0.15) is 11.9 Å². The minimum Gasteiger partial charge on any atom is -0.376 e. The third kappa shape index (κ3) is 4.35. The molecule has 2 fully saturated rings. The molecule has 3 aromatic rings. The predicted octanol–water partition coefficient (Wildman–Crippen LogP) is 4.11. The maximum absolute atomic E-state index is 13.9. The van der Waals surface area contributed by atoms with Crippen LogP contribution in [-0.4, -0.2) is 55.5 Å². The average molecular weight is 504 g/mol. The molecule has 3 heterocycles. The van der Waals surface area contributed by atoms with Crippen LogP contribution in [0.5, 0.6) is 0 Å². The van der Waals surface area contributed by atoms with E-state index in [1.807, 2.05) is 25.1 Å². The van der Waals surface area contributed by atoms with Gasteiger partial charge in [-0.25, -0.2) is 17.8 Å². The van der Waals surface area contributed by atoms with E-state index in [1.54, 1.807) is 4.90 Å². The number of anilines is 1. The Morgan fingerprint density at radius 2 is 2.00 bits per heavy atom. The summed E-state index contributed by atoms with van der Waals surface area (Å²) in [7, 11) is -3.95. The van der Waals surface area contributed by atoms with Gasteiger partial charge in [-0.05, 0) is 68.5 Å². The van der Waals surface area contributed by atoms with Crippen molar-refractivity contribution in [1.29, 1.82) is 0 Å². The van der Waals surface area contributed by atoms with Crippen molar-refractivity contribution in [2.75, 3.05) is 24.6 Å². The van der Waals surface area contributed by atoms with Crippen LogP contribution >= 0.6 is 11.3 Å². The van der Waals surface area contributed by atoms with Gasteiger partial charge in [-0.2, -0.15) is 4.31 Å². The smallest absolute Gasteiger partial charge is 0.247 e. The second-order valence-electron chi connectivity index (χ2n) is 8.73. The Hall–Kier alpha value is -2.40. The number of fused-ring (bicyclic) bond motifs is 1. The lowest BCUT2D eigenvalue weighted by molar-refractivity contribution is -0.122. The SMILES string of the molecule is Cc1cccc2sc(N(CC3CCCO3)C(=O)C3CCCN3S(=O)(=O)c3ccc(F)cc3)nc12. The number of benzene rings is 2. The molecule has 0 radical (unpaired) electrons. The first-order chi connectivity index (χ1) is 16.3. The van der Waals surface area contributed by atoms with E-state index in [0.717, 1.165) is 40.8 Å². The van der Waals surface area contributed by atoms with Gasteiger partial charge in [0.15, 0.2) is 5.13 Å². The molecule has 0 spiro atoms. The quantitative estimate of drug-likeness (QED) is 0.506. The van der Waals surface area contributed by atoms with Gasteiger partial charge in [-0.1, -0.05) is 23.5 Å². The number of ether oxygens (including phenoxy) is 1. The van der Waals surface area contributed by atoms with E-state index in [1.165, 1.54) is 27.8 Å². The van der Waals surface area contributed by atoms with Crippen LogP contribution in [0.3, 0.4) is 0 Å². The van der Waals surface area contributed by atoms with Crippen molar-refractivity contribution in [2.24, 2.45) is 0 Å². The maximum atomic E-state index is 13.9. The van der Waals surface area contributed by atoms with E-state index in [4.69, 9.17) is 9.72 Å². The van der Waals surface area contributed by atoms with E-state index in [2.05, 4.69) is 0 Å². The van der Waals surface area contributed by atoms with Crippen molar-refractivity contribution >= 4 is 42.6 Å². The van der Waals surface area contributed by atoms with E-state index in [-0.39, 0.29) is 23.5 Å². The van der Waals surface area contributed by atoms with Crippen LogP contribution in [0.2, 0.25) is 0 Å². The Morgan fingerprint density at radius 3 is 2.71 bits per heavy atom. The van der Waals surface area contributed by atoms with E-state index in [9.17, 15) is 17.6 Å². The minimum atomic E-state index is -3.95. The van der Waals surface area contributed by atoms with Crippen molar-refractivity contribution < 1.29 is 22.3 Å². The number of carbonyl (C=O) groups is 1. The minimum absolute atomic E-state index is 0.0186. The van der Waals surface area contributed by atoms with Gasteiger partial charge in [0.2, 0.25) is 15.9 Å². The summed E-state index contributed by atoms with van der Waals surface area (Å²) < 4.78 is 48.1. The van der Waals surface area contributed by atoms with Crippen molar-refractivity contribution in [3.63, 3.8) is 0 Å². The zero-order chi connectivity index (χ0) is 23.9. The fourth-order valence-electron chi connectivity index (χ4n) is 4.64. The van der Waals surface area contributed by atoms with Crippen molar-refractivity contribution in [3.8, 4) is 0 Å². The highest BCUT2D eigenvalue weighted by Gasteiger charge is 2.42. The molecule has 0 aliphatic carbocycles. The molecule has 1 aromatic heterocycles. The van der Waals surface area contributed by atoms with Gasteiger partial charge in [-0.3, -0.25) is 9.69 Å². The Labute approximate surface area is 202 Å². The van der Waals surface area contributed by atoms with Gasteiger partial charge in [0.25, 0.3) is 0 Å². The predicted molar refractivity (Wildman–Crippen MR) is 129 cm³/mol. The van der Waals surface area contributed by atoms with Crippen LogP contribution in [0.1, 0.15) is 31.2 Å². The van der Waals surface area contributed by atoms with Gasteiger partial charge in [-0.15, -0.1) is 0 Å². The Kier molecular flexibility index (Phi) is 6.41. The zero-order valence-electron chi connectivity index (χ0n) is 18.8.